The molecule has 1 fully saturated rings. The highest BCUT2D eigenvalue weighted by atomic mass is 16.5. The summed E-state index contributed by atoms with van der Waals surface area (Å²) in [5.41, 5.74) is 4.01. The molecule has 2 aromatic rings. The largest absolute Gasteiger partial charge is 0.497 e. The van der Waals surface area contributed by atoms with Gasteiger partial charge < -0.3 is 15.0 Å². The fraction of sp³-hybridized carbons (Fsp3) is 0.467. The van der Waals surface area contributed by atoms with Crippen LogP contribution >= 0.6 is 0 Å². The van der Waals surface area contributed by atoms with Crippen molar-refractivity contribution in [2.45, 2.75) is 25.7 Å². The van der Waals surface area contributed by atoms with E-state index in [1.165, 1.54) is 35.0 Å². The second-order valence-corrected chi connectivity index (χ2v) is 5.10. The van der Waals surface area contributed by atoms with E-state index in [9.17, 15) is 0 Å². The smallest absolute Gasteiger partial charge is 0.120 e. The minimum Gasteiger partial charge on any atom is -0.497 e. The number of benzene rings is 1. The van der Waals surface area contributed by atoms with Gasteiger partial charge in [-0.1, -0.05) is 0 Å². The van der Waals surface area contributed by atoms with Crippen molar-refractivity contribution in [3.8, 4) is 5.75 Å². The van der Waals surface area contributed by atoms with Crippen LogP contribution in [-0.2, 0) is 0 Å². The number of hydrogen-bond acceptors (Lipinski definition) is 2. The van der Waals surface area contributed by atoms with Gasteiger partial charge in [-0.3, -0.25) is 0 Å². The lowest BCUT2D eigenvalue weighted by atomic mass is 9.92. The van der Waals surface area contributed by atoms with Crippen molar-refractivity contribution < 1.29 is 4.74 Å². The van der Waals surface area contributed by atoms with E-state index in [1.807, 2.05) is 6.07 Å². The molecule has 3 nitrogen and oxygen atoms in total. The summed E-state index contributed by atoms with van der Waals surface area (Å²) in [5, 5.41) is 4.75. The number of hydrogen-bond donors (Lipinski definition) is 2. The Balaban J connectivity index is 2.04. The predicted molar refractivity (Wildman–Crippen MR) is 74.4 cm³/mol. The molecule has 2 heterocycles. The SMILES string of the molecule is COc1ccc2c(C)c(C3CCNCC3)[nH]c2c1. The van der Waals surface area contributed by atoms with Crippen LogP contribution in [0.3, 0.4) is 0 Å². The molecule has 18 heavy (non-hydrogen) atoms. The van der Waals surface area contributed by atoms with E-state index in [-0.39, 0.29) is 0 Å². The average Bonchev–Trinajstić information content (AvgIpc) is 2.76. The van der Waals surface area contributed by atoms with Crippen LogP contribution < -0.4 is 10.1 Å². The molecule has 1 aliphatic heterocycles. The van der Waals surface area contributed by atoms with Crippen molar-refractivity contribution in [3.63, 3.8) is 0 Å². The molecule has 1 aromatic carbocycles. The van der Waals surface area contributed by atoms with Gasteiger partial charge in [-0.25, -0.2) is 0 Å². The van der Waals surface area contributed by atoms with Crippen LogP contribution in [0.1, 0.15) is 30.0 Å². The summed E-state index contributed by atoms with van der Waals surface area (Å²) >= 11 is 0. The molecular weight excluding hydrogens is 224 g/mol. The van der Waals surface area contributed by atoms with Gasteiger partial charge >= 0.3 is 0 Å². The third-order valence-electron chi connectivity index (χ3n) is 4.05. The number of aromatic nitrogens is 1. The second kappa shape index (κ2) is 4.65. The monoisotopic (exact) mass is 244 g/mol. The molecule has 3 rings (SSSR count). The van der Waals surface area contributed by atoms with Crippen LogP contribution in [-0.4, -0.2) is 25.2 Å². The molecule has 1 aliphatic rings. The minimum atomic E-state index is 0.671. The van der Waals surface area contributed by atoms with E-state index < -0.39 is 0 Å². The first-order chi connectivity index (χ1) is 8.79. The molecule has 96 valence electrons. The van der Waals surface area contributed by atoms with Gasteiger partial charge in [-0.2, -0.15) is 0 Å². The average molecular weight is 244 g/mol. The Kier molecular flexibility index (Phi) is 3.00. The molecule has 0 bridgehead atoms. The summed E-state index contributed by atoms with van der Waals surface area (Å²) in [6.07, 6.45) is 2.45. The van der Waals surface area contributed by atoms with Gasteiger partial charge in [0.15, 0.2) is 0 Å². The Morgan fingerprint density at radius 2 is 2.00 bits per heavy atom. The van der Waals surface area contributed by atoms with E-state index >= 15 is 0 Å². The van der Waals surface area contributed by atoms with Gasteiger partial charge in [0.25, 0.3) is 0 Å². The number of ether oxygens (including phenoxy) is 1. The number of methoxy groups -OCH3 is 1. The van der Waals surface area contributed by atoms with Crippen LogP contribution in [0.15, 0.2) is 18.2 Å². The van der Waals surface area contributed by atoms with Gasteiger partial charge in [0.2, 0.25) is 0 Å². The lowest BCUT2D eigenvalue weighted by molar-refractivity contribution is 0.415. The molecule has 0 saturated carbocycles. The fourth-order valence-electron chi connectivity index (χ4n) is 2.98. The topological polar surface area (TPSA) is 37.0 Å². The third-order valence-corrected chi connectivity index (χ3v) is 4.05. The Hall–Kier alpha value is -1.48. The molecule has 1 saturated heterocycles. The van der Waals surface area contributed by atoms with E-state index in [2.05, 4.69) is 29.4 Å². The number of rotatable bonds is 2. The van der Waals surface area contributed by atoms with Crippen molar-refractivity contribution >= 4 is 10.9 Å². The zero-order valence-corrected chi connectivity index (χ0v) is 11.0. The Labute approximate surface area is 108 Å². The maximum absolute atomic E-state index is 5.29. The van der Waals surface area contributed by atoms with Gasteiger partial charge in [0, 0.05) is 28.6 Å². The molecule has 0 amide bonds. The molecule has 3 heteroatoms. The van der Waals surface area contributed by atoms with Gasteiger partial charge in [-0.05, 0) is 50.6 Å². The normalized spacial score (nSPS) is 17.2. The molecule has 0 atom stereocenters. The summed E-state index contributed by atoms with van der Waals surface area (Å²) in [6, 6.07) is 6.28. The van der Waals surface area contributed by atoms with Gasteiger partial charge in [-0.15, -0.1) is 0 Å². The summed E-state index contributed by atoms with van der Waals surface area (Å²) in [5.74, 6) is 1.59. The van der Waals surface area contributed by atoms with E-state index in [0.717, 1.165) is 18.8 Å². The van der Waals surface area contributed by atoms with Crippen LogP contribution in [0.2, 0.25) is 0 Å². The highest BCUT2D eigenvalue weighted by Gasteiger charge is 2.20. The van der Waals surface area contributed by atoms with E-state index in [1.54, 1.807) is 7.11 Å². The maximum atomic E-state index is 5.29. The lowest BCUT2D eigenvalue weighted by Crippen LogP contribution is -2.27. The first kappa shape index (κ1) is 11.6. The third kappa shape index (κ3) is 1.89. The number of piperidine rings is 1. The lowest BCUT2D eigenvalue weighted by Gasteiger charge is -2.22. The zero-order valence-electron chi connectivity index (χ0n) is 11.0. The fourth-order valence-corrected chi connectivity index (χ4v) is 2.98. The molecule has 0 unspecified atom stereocenters. The Morgan fingerprint density at radius 3 is 2.72 bits per heavy atom. The maximum Gasteiger partial charge on any atom is 0.120 e. The minimum absolute atomic E-state index is 0.671. The molecule has 0 aliphatic carbocycles. The first-order valence-electron chi connectivity index (χ1n) is 6.66. The van der Waals surface area contributed by atoms with Crippen molar-refractivity contribution in [2.24, 2.45) is 0 Å². The molecule has 0 spiro atoms. The number of H-pyrrole nitrogens is 1. The van der Waals surface area contributed by atoms with Crippen LogP contribution in [0.4, 0.5) is 0 Å². The summed E-state index contributed by atoms with van der Waals surface area (Å²) in [4.78, 5) is 3.60. The van der Waals surface area contributed by atoms with Crippen molar-refractivity contribution in [1.82, 2.24) is 10.3 Å². The Morgan fingerprint density at radius 1 is 1.22 bits per heavy atom. The van der Waals surface area contributed by atoms with Crippen molar-refractivity contribution in [2.75, 3.05) is 20.2 Å². The number of fused-ring (bicyclic) bond motifs is 1. The quantitative estimate of drug-likeness (QED) is 0.852. The molecule has 2 N–H and O–H groups in total. The standard InChI is InChI=1S/C15H20N2O/c1-10-13-4-3-12(18-2)9-14(13)17-15(10)11-5-7-16-8-6-11/h3-4,9,11,16-17H,5-8H2,1-2H3. The summed E-state index contributed by atoms with van der Waals surface area (Å²) in [6.45, 7) is 4.48. The molecule has 0 radical (unpaired) electrons. The number of aromatic amines is 1. The predicted octanol–water partition coefficient (Wildman–Crippen LogP) is 2.95. The highest BCUT2D eigenvalue weighted by Crippen LogP contribution is 2.33. The van der Waals surface area contributed by atoms with Gasteiger partial charge in [0.1, 0.15) is 5.75 Å². The summed E-state index contributed by atoms with van der Waals surface area (Å²) < 4.78 is 5.29. The first-order valence-corrected chi connectivity index (χ1v) is 6.66. The summed E-state index contributed by atoms with van der Waals surface area (Å²) in [7, 11) is 1.71. The van der Waals surface area contributed by atoms with Crippen LogP contribution in [0.5, 0.6) is 5.75 Å². The van der Waals surface area contributed by atoms with Crippen LogP contribution in [0, 0.1) is 6.92 Å². The second-order valence-electron chi connectivity index (χ2n) is 5.10. The zero-order chi connectivity index (χ0) is 12.5. The van der Waals surface area contributed by atoms with E-state index in [0.29, 0.717) is 5.92 Å². The van der Waals surface area contributed by atoms with Gasteiger partial charge in [0.05, 0.1) is 7.11 Å². The van der Waals surface area contributed by atoms with E-state index in [4.69, 9.17) is 4.74 Å². The number of nitrogens with one attached hydrogen (secondary N) is 2. The van der Waals surface area contributed by atoms with Crippen molar-refractivity contribution in [3.05, 3.63) is 29.5 Å². The molecular formula is C15H20N2O. The highest BCUT2D eigenvalue weighted by molar-refractivity contribution is 5.85. The van der Waals surface area contributed by atoms with Crippen LogP contribution in [0.25, 0.3) is 10.9 Å². The molecule has 1 aromatic heterocycles. The Bertz CT molecular complexity index is 553. The number of aryl methyl sites for hydroxylation is 1. The van der Waals surface area contributed by atoms with Crippen molar-refractivity contribution in [1.29, 1.82) is 0 Å².